The summed E-state index contributed by atoms with van der Waals surface area (Å²) in [6, 6.07) is 7.76. The lowest BCUT2D eigenvalue weighted by Crippen LogP contribution is -2.42. The number of amides is 1. The third-order valence-electron chi connectivity index (χ3n) is 5.30. The van der Waals surface area contributed by atoms with Gasteiger partial charge in [0.15, 0.2) is 6.61 Å². The van der Waals surface area contributed by atoms with E-state index in [1.807, 2.05) is 24.3 Å². The largest absolute Gasteiger partial charge is 0.483 e. The molecule has 5 nitrogen and oxygen atoms in total. The number of likely N-dealkylation sites (tertiary alicyclic amines) is 1. The van der Waals surface area contributed by atoms with Gasteiger partial charge in [0.25, 0.3) is 5.91 Å². The Hall–Kier alpha value is -2.04. The van der Waals surface area contributed by atoms with Gasteiger partial charge in [0.1, 0.15) is 5.75 Å². The summed E-state index contributed by atoms with van der Waals surface area (Å²) in [5.41, 5.74) is 1.05. The number of aliphatic carboxylic acids is 1. The number of rotatable bonds is 5. The molecule has 1 aromatic carbocycles. The van der Waals surface area contributed by atoms with E-state index in [2.05, 4.69) is 6.92 Å². The van der Waals surface area contributed by atoms with E-state index in [0.717, 1.165) is 37.0 Å². The molecular formula is C18H23NO4. The molecule has 1 aliphatic heterocycles. The van der Waals surface area contributed by atoms with Gasteiger partial charge in [-0.05, 0) is 42.7 Å². The minimum absolute atomic E-state index is 0.0155. The average Bonchev–Trinajstić information content (AvgIpc) is 3.27. The van der Waals surface area contributed by atoms with Crippen LogP contribution < -0.4 is 4.74 Å². The van der Waals surface area contributed by atoms with Gasteiger partial charge in [0.2, 0.25) is 0 Å². The van der Waals surface area contributed by atoms with E-state index < -0.39 is 5.97 Å². The van der Waals surface area contributed by atoms with Crippen molar-refractivity contribution in [3.8, 4) is 5.75 Å². The Morgan fingerprint density at radius 2 is 2.00 bits per heavy atom. The van der Waals surface area contributed by atoms with Crippen molar-refractivity contribution in [3.05, 3.63) is 29.8 Å². The second-order valence-electron chi connectivity index (χ2n) is 6.59. The van der Waals surface area contributed by atoms with E-state index >= 15 is 0 Å². The van der Waals surface area contributed by atoms with E-state index in [-0.39, 0.29) is 23.8 Å². The third-order valence-corrected chi connectivity index (χ3v) is 5.30. The Bertz CT molecular complexity index is 605. The first-order chi connectivity index (χ1) is 11.1. The highest BCUT2D eigenvalue weighted by Gasteiger charge is 2.59. The molecule has 1 spiro atoms. The molecule has 2 fully saturated rings. The predicted molar refractivity (Wildman–Crippen MR) is 85.3 cm³/mol. The van der Waals surface area contributed by atoms with Gasteiger partial charge in [0, 0.05) is 13.1 Å². The SMILES string of the molecule is CCc1ccccc1OCC(=O)N1CCC2(CC1)CC2C(=O)O. The molecule has 1 unspecified atom stereocenters. The Kier molecular flexibility index (Phi) is 4.28. The third kappa shape index (κ3) is 3.19. The fourth-order valence-electron chi connectivity index (χ4n) is 3.62. The van der Waals surface area contributed by atoms with Gasteiger partial charge in [0.05, 0.1) is 5.92 Å². The summed E-state index contributed by atoms with van der Waals surface area (Å²) >= 11 is 0. The van der Waals surface area contributed by atoms with Crippen LogP contribution >= 0.6 is 0 Å². The maximum Gasteiger partial charge on any atom is 0.307 e. The fourth-order valence-corrected chi connectivity index (χ4v) is 3.62. The summed E-state index contributed by atoms with van der Waals surface area (Å²) in [7, 11) is 0. The fraction of sp³-hybridized carbons (Fsp3) is 0.556. The molecule has 1 N–H and O–H groups in total. The van der Waals surface area contributed by atoms with Crippen LogP contribution in [0.5, 0.6) is 5.75 Å². The zero-order valence-electron chi connectivity index (χ0n) is 13.5. The number of carboxylic acids is 1. The van der Waals surface area contributed by atoms with Gasteiger partial charge in [-0.2, -0.15) is 0 Å². The normalized spacial score (nSPS) is 22.0. The number of benzene rings is 1. The molecule has 1 saturated heterocycles. The molecule has 5 heteroatoms. The van der Waals surface area contributed by atoms with E-state index in [4.69, 9.17) is 9.84 Å². The lowest BCUT2D eigenvalue weighted by atomic mass is 9.91. The number of carbonyl (C=O) groups excluding carboxylic acids is 1. The molecule has 1 saturated carbocycles. The Labute approximate surface area is 136 Å². The van der Waals surface area contributed by atoms with Crippen LogP contribution in [-0.4, -0.2) is 41.6 Å². The van der Waals surface area contributed by atoms with Crippen molar-refractivity contribution in [2.45, 2.75) is 32.6 Å². The number of para-hydroxylation sites is 1. The number of hydrogen-bond acceptors (Lipinski definition) is 3. The molecule has 1 amide bonds. The van der Waals surface area contributed by atoms with Crippen molar-refractivity contribution in [3.63, 3.8) is 0 Å². The lowest BCUT2D eigenvalue weighted by Gasteiger charge is -2.32. The highest BCUT2D eigenvalue weighted by Crippen LogP contribution is 2.59. The summed E-state index contributed by atoms with van der Waals surface area (Å²) in [4.78, 5) is 25.2. The van der Waals surface area contributed by atoms with Gasteiger partial charge in [-0.15, -0.1) is 0 Å². The Balaban J connectivity index is 1.50. The van der Waals surface area contributed by atoms with Crippen LogP contribution in [-0.2, 0) is 16.0 Å². The zero-order valence-corrected chi connectivity index (χ0v) is 13.5. The molecule has 1 heterocycles. The van der Waals surface area contributed by atoms with Crippen molar-refractivity contribution in [1.29, 1.82) is 0 Å². The van der Waals surface area contributed by atoms with Crippen LogP contribution in [0.4, 0.5) is 0 Å². The van der Waals surface area contributed by atoms with E-state index in [1.165, 1.54) is 0 Å². The van der Waals surface area contributed by atoms with Crippen LogP contribution in [0.15, 0.2) is 24.3 Å². The van der Waals surface area contributed by atoms with Crippen LogP contribution in [0.3, 0.4) is 0 Å². The standard InChI is InChI=1S/C18H23NO4/c1-2-13-5-3-4-6-15(13)23-12-16(20)19-9-7-18(8-10-19)11-14(18)17(21)22/h3-6,14H,2,7-12H2,1H3,(H,21,22). The molecule has 1 atom stereocenters. The minimum Gasteiger partial charge on any atom is -0.483 e. The van der Waals surface area contributed by atoms with Crippen molar-refractivity contribution in [2.75, 3.05) is 19.7 Å². The van der Waals surface area contributed by atoms with Crippen molar-refractivity contribution >= 4 is 11.9 Å². The first-order valence-electron chi connectivity index (χ1n) is 8.27. The number of hydrogen-bond donors (Lipinski definition) is 1. The van der Waals surface area contributed by atoms with Crippen LogP contribution in [0.2, 0.25) is 0 Å². The molecule has 23 heavy (non-hydrogen) atoms. The second kappa shape index (κ2) is 6.22. The smallest absolute Gasteiger partial charge is 0.307 e. The highest BCUT2D eigenvalue weighted by atomic mass is 16.5. The number of carbonyl (C=O) groups is 2. The van der Waals surface area contributed by atoms with Gasteiger partial charge >= 0.3 is 5.97 Å². The molecular weight excluding hydrogens is 294 g/mol. The van der Waals surface area contributed by atoms with Crippen molar-refractivity contribution < 1.29 is 19.4 Å². The number of ether oxygens (including phenoxy) is 1. The predicted octanol–water partition coefficient (Wildman–Crippen LogP) is 2.34. The molecule has 3 rings (SSSR count). The van der Waals surface area contributed by atoms with Crippen molar-refractivity contribution in [2.24, 2.45) is 11.3 Å². The highest BCUT2D eigenvalue weighted by molar-refractivity contribution is 5.78. The Morgan fingerprint density at radius 3 is 2.61 bits per heavy atom. The first-order valence-corrected chi connectivity index (χ1v) is 8.27. The van der Waals surface area contributed by atoms with E-state index in [0.29, 0.717) is 13.1 Å². The summed E-state index contributed by atoms with van der Waals surface area (Å²) in [5, 5.41) is 9.10. The molecule has 1 aromatic rings. The second-order valence-corrected chi connectivity index (χ2v) is 6.59. The van der Waals surface area contributed by atoms with Crippen molar-refractivity contribution in [1.82, 2.24) is 4.90 Å². The summed E-state index contributed by atoms with van der Waals surface area (Å²) < 4.78 is 5.68. The van der Waals surface area contributed by atoms with E-state index in [9.17, 15) is 9.59 Å². The van der Waals surface area contributed by atoms with Gasteiger partial charge in [-0.25, -0.2) is 0 Å². The number of carboxylic acid groups (broad SMARTS) is 1. The zero-order chi connectivity index (χ0) is 16.4. The number of piperidine rings is 1. The maximum atomic E-state index is 12.3. The number of aryl methyl sites for hydroxylation is 1. The minimum atomic E-state index is -0.690. The van der Waals surface area contributed by atoms with Gasteiger partial charge in [-0.1, -0.05) is 25.1 Å². The van der Waals surface area contributed by atoms with Crippen LogP contribution in [0.25, 0.3) is 0 Å². The molecule has 124 valence electrons. The summed E-state index contributed by atoms with van der Waals surface area (Å²) in [6.45, 7) is 3.39. The molecule has 0 bridgehead atoms. The molecule has 2 aliphatic rings. The van der Waals surface area contributed by atoms with Gasteiger partial charge < -0.3 is 14.7 Å². The molecule has 0 radical (unpaired) electrons. The summed E-state index contributed by atoms with van der Waals surface area (Å²) in [5.74, 6) is -0.139. The van der Waals surface area contributed by atoms with E-state index in [1.54, 1.807) is 4.90 Å². The van der Waals surface area contributed by atoms with Crippen LogP contribution in [0, 0.1) is 11.3 Å². The van der Waals surface area contributed by atoms with Crippen LogP contribution in [0.1, 0.15) is 31.7 Å². The average molecular weight is 317 g/mol. The monoisotopic (exact) mass is 317 g/mol. The first kappa shape index (κ1) is 15.8. The lowest BCUT2D eigenvalue weighted by molar-refractivity contribution is -0.140. The molecule has 1 aliphatic carbocycles. The summed E-state index contributed by atoms with van der Waals surface area (Å²) in [6.07, 6.45) is 3.22. The number of nitrogens with zero attached hydrogens (tertiary/aromatic N) is 1. The molecule has 0 aromatic heterocycles. The Morgan fingerprint density at radius 1 is 1.30 bits per heavy atom. The topological polar surface area (TPSA) is 66.8 Å². The quantitative estimate of drug-likeness (QED) is 0.905. The van der Waals surface area contributed by atoms with Gasteiger partial charge in [-0.3, -0.25) is 9.59 Å². The maximum absolute atomic E-state index is 12.3.